The van der Waals surface area contributed by atoms with Crippen molar-refractivity contribution >= 4 is 5.97 Å². The second kappa shape index (κ2) is 4.00. The van der Waals surface area contributed by atoms with Gasteiger partial charge in [-0.15, -0.1) is 0 Å². The fourth-order valence-electron chi connectivity index (χ4n) is 2.06. The van der Waals surface area contributed by atoms with E-state index in [4.69, 9.17) is 5.26 Å². The maximum Gasteiger partial charge on any atom is 0.323 e. The van der Waals surface area contributed by atoms with Crippen LogP contribution in [0.5, 0.6) is 0 Å². The van der Waals surface area contributed by atoms with E-state index in [2.05, 4.69) is 10.8 Å². The van der Waals surface area contributed by atoms with Gasteiger partial charge in [-0.1, -0.05) is 13.8 Å². The van der Waals surface area contributed by atoms with Gasteiger partial charge in [0.25, 0.3) is 0 Å². The molecule has 0 amide bonds. The summed E-state index contributed by atoms with van der Waals surface area (Å²) in [5.74, 6) is -0.468. The molecule has 0 bridgehead atoms. The number of nitrogens with zero attached hydrogens (tertiary/aromatic N) is 1. The lowest BCUT2D eigenvalue weighted by Crippen LogP contribution is -2.34. The highest BCUT2D eigenvalue weighted by atomic mass is 16.5. The highest BCUT2D eigenvalue weighted by Gasteiger charge is 2.49. The maximum absolute atomic E-state index is 11.4. The molecule has 14 heavy (non-hydrogen) atoms. The van der Waals surface area contributed by atoms with Crippen molar-refractivity contribution < 1.29 is 9.53 Å². The molecule has 3 nitrogen and oxygen atoms in total. The predicted molar refractivity (Wildman–Crippen MR) is 52.2 cm³/mol. The molecule has 1 fully saturated rings. The van der Waals surface area contributed by atoms with Crippen LogP contribution in [0, 0.1) is 28.6 Å². The molecule has 0 aromatic carbocycles. The minimum atomic E-state index is -0.606. The lowest BCUT2D eigenvalue weighted by Gasteiger charge is -2.31. The fraction of sp³-hybridized carbons (Fsp3) is 0.818. The van der Waals surface area contributed by atoms with Gasteiger partial charge in [-0.3, -0.25) is 4.79 Å². The monoisotopic (exact) mass is 195 g/mol. The first-order chi connectivity index (χ1) is 6.60. The van der Waals surface area contributed by atoms with Gasteiger partial charge in [-0.25, -0.2) is 0 Å². The van der Waals surface area contributed by atoms with E-state index in [9.17, 15) is 4.79 Å². The Morgan fingerprint density at radius 2 is 2.29 bits per heavy atom. The zero-order valence-corrected chi connectivity index (χ0v) is 9.04. The maximum atomic E-state index is 11.4. The molecule has 1 aliphatic rings. The highest BCUT2D eigenvalue weighted by molar-refractivity contribution is 5.76. The molecular weight excluding hydrogens is 178 g/mol. The Morgan fingerprint density at radius 3 is 2.57 bits per heavy atom. The van der Waals surface area contributed by atoms with Crippen LogP contribution in [0.3, 0.4) is 0 Å². The molecule has 1 aliphatic carbocycles. The molecule has 3 heteroatoms. The summed E-state index contributed by atoms with van der Waals surface area (Å²) in [5, 5.41) is 9.02. The third-order valence-corrected chi connectivity index (χ3v) is 3.50. The Morgan fingerprint density at radius 1 is 1.71 bits per heavy atom. The number of nitriles is 1. The molecule has 0 aromatic rings. The summed E-state index contributed by atoms with van der Waals surface area (Å²) in [4.78, 5) is 11.4. The van der Waals surface area contributed by atoms with Crippen LogP contribution in [0.1, 0.15) is 33.1 Å². The van der Waals surface area contributed by atoms with Crippen LogP contribution in [0.2, 0.25) is 0 Å². The average Bonchev–Trinajstić information content (AvgIpc) is 3.01. The summed E-state index contributed by atoms with van der Waals surface area (Å²) < 4.78 is 4.67. The van der Waals surface area contributed by atoms with Gasteiger partial charge in [0.2, 0.25) is 0 Å². The number of esters is 1. The van der Waals surface area contributed by atoms with Crippen LogP contribution in [0.4, 0.5) is 0 Å². The molecule has 0 radical (unpaired) electrons. The molecule has 2 atom stereocenters. The van der Waals surface area contributed by atoms with Crippen molar-refractivity contribution in [1.29, 1.82) is 5.26 Å². The van der Waals surface area contributed by atoms with Crippen LogP contribution >= 0.6 is 0 Å². The van der Waals surface area contributed by atoms with Crippen molar-refractivity contribution in [2.75, 3.05) is 7.11 Å². The molecule has 0 saturated heterocycles. The molecular formula is C11H17NO2. The van der Waals surface area contributed by atoms with E-state index in [0.29, 0.717) is 5.92 Å². The molecule has 0 N–H and O–H groups in total. The summed E-state index contributed by atoms with van der Waals surface area (Å²) in [5.41, 5.74) is -0.193. The van der Waals surface area contributed by atoms with E-state index in [1.54, 1.807) is 0 Å². The highest BCUT2D eigenvalue weighted by Crippen LogP contribution is 2.52. The normalized spacial score (nSPS) is 21.9. The van der Waals surface area contributed by atoms with Gasteiger partial charge in [0, 0.05) is 0 Å². The Bertz CT molecular complexity index is 265. The van der Waals surface area contributed by atoms with Gasteiger partial charge < -0.3 is 4.74 Å². The van der Waals surface area contributed by atoms with Crippen LogP contribution in [-0.4, -0.2) is 13.1 Å². The Kier molecular flexibility index (Phi) is 3.15. The van der Waals surface area contributed by atoms with Crippen LogP contribution < -0.4 is 0 Å². The zero-order valence-electron chi connectivity index (χ0n) is 9.04. The van der Waals surface area contributed by atoms with Crippen LogP contribution in [0.25, 0.3) is 0 Å². The first-order valence-electron chi connectivity index (χ1n) is 5.07. The second-order valence-electron chi connectivity index (χ2n) is 4.22. The minimum absolute atomic E-state index is 0.193. The molecule has 2 unspecified atom stereocenters. The second-order valence-corrected chi connectivity index (χ2v) is 4.22. The number of methoxy groups -OCH3 is 1. The number of hydrogen-bond donors (Lipinski definition) is 0. The minimum Gasteiger partial charge on any atom is -0.468 e. The first kappa shape index (κ1) is 11.0. The number of hydrogen-bond acceptors (Lipinski definition) is 3. The van der Waals surface area contributed by atoms with Crippen molar-refractivity contribution in [2.45, 2.75) is 33.1 Å². The van der Waals surface area contributed by atoms with Gasteiger partial charge >= 0.3 is 5.97 Å². The van der Waals surface area contributed by atoms with Crippen molar-refractivity contribution in [1.82, 2.24) is 0 Å². The number of ether oxygens (including phenoxy) is 1. The van der Waals surface area contributed by atoms with Crippen LogP contribution in [-0.2, 0) is 9.53 Å². The smallest absolute Gasteiger partial charge is 0.323 e. The summed E-state index contributed by atoms with van der Waals surface area (Å²) in [6.07, 6.45) is 3.13. The number of rotatable bonds is 4. The molecule has 0 spiro atoms. The average molecular weight is 195 g/mol. The van der Waals surface area contributed by atoms with Crippen molar-refractivity contribution in [3.63, 3.8) is 0 Å². The summed E-state index contributed by atoms with van der Waals surface area (Å²) in [6, 6.07) is 2.09. The van der Waals surface area contributed by atoms with Crippen molar-refractivity contribution in [2.24, 2.45) is 17.3 Å². The largest absolute Gasteiger partial charge is 0.468 e. The van der Waals surface area contributed by atoms with E-state index in [-0.39, 0.29) is 11.4 Å². The van der Waals surface area contributed by atoms with Crippen molar-refractivity contribution in [3.05, 3.63) is 0 Å². The van der Waals surface area contributed by atoms with E-state index in [1.165, 1.54) is 7.11 Å². The van der Waals surface area contributed by atoms with Gasteiger partial charge in [-0.2, -0.15) is 5.26 Å². The Labute approximate surface area is 85.1 Å². The van der Waals surface area contributed by atoms with Gasteiger partial charge in [0.15, 0.2) is 0 Å². The lowest BCUT2D eigenvalue weighted by molar-refractivity contribution is -0.147. The first-order valence-corrected chi connectivity index (χ1v) is 5.07. The Hall–Kier alpha value is -1.04. The predicted octanol–water partition coefficient (Wildman–Crippen LogP) is 2.13. The van der Waals surface area contributed by atoms with Crippen molar-refractivity contribution in [3.8, 4) is 6.07 Å². The summed E-state index contributed by atoms with van der Waals surface area (Å²) >= 11 is 0. The van der Waals surface area contributed by atoms with Gasteiger partial charge in [0.05, 0.1) is 13.2 Å². The third-order valence-electron chi connectivity index (χ3n) is 3.50. The van der Waals surface area contributed by atoms with Gasteiger partial charge in [-0.05, 0) is 30.6 Å². The topological polar surface area (TPSA) is 50.1 Å². The lowest BCUT2D eigenvalue weighted by atomic mass is 9.71. The SMILES string of the molecule is CCC(C)(C1CC1)C(C#N)C(=O)OC. The molecule has 1 rings (SSSR count). The zero-order chi connectivity index (χ0) is 10.8. The van der Waals surface area contributed by atoms with Gasteiger partial charge in [0.1, 0.15) is 5.92 Å². The third kappa shape index (κ3) is 1.75. The number of carbonyl (C=O) groups is 1. The fourth-order valence-corrected chi connectivity index (χ4v) is 2.06. The molecule has 0 aliphatic heterocycles. The summed E-state index contributed by atoms with van der Waals surface area (Å²) in [7, 11) is 1.34. The molecule has 0 heterocycles. The summed E-state index contributed by atoms with van der Waals surface area (Å²) in [6.45, 7) is 4.06. The molecule has 78 valence electrons. The van der Waals surface area contributed by atoms with Crippen LogP contribution in [0.15, 0.2) is 0 Å². The van der Waals surface area contributed by atoms with E-state index in [1.807, 2.05) is 13.8 Å². The Balaban J connectivity index is 2.85. The molecule has 1 saturated carbocycles. The quantitative estimate of drug-likeness (QED) is 0.646. The molecule has 0 aromatic heterocycles. The van der Waals surface area contributed by atoms with E-state index in [0.717, 1.165) is 19.3 Å². The van der Waals surface area contributed by atoms with E-state index >= 15 is 0 Å². The van der Waals surface area contributed by atoms with E-state index < -0.39 is 5.92 Å². The number of carbonyl (C=O) groups excluding carboxylic acids is 1. The standard InChI is InChI=1S/C11H17NO2/c1-4-11(2,8-5-6-8)9(7-12)10(13)14-3/h8-9H,4-6H2,1-3H3.